The Balaban J connectivity index is 0.000000394. The monoisotopic (exact) mass is 862 g/mol. The van der Waals surface area contributed by atoms with E-state index in [9.17, 15) is 9.90 Å². The zero-order chi connectivity index (χ0) is 34.1. The third kappa shape index (κ3) is 9.17. The minimum atomic E-state index is -1.92. The molecule has 0 bridgehead atoms. The molecule has 0 saturated carbocycles. The standard InChI is InChI=1S/C27H31GeN2.C13H24O2.Ir/c1-16(2)27-29-25(21-12-17(3)11-18(4)13-21)23-10-9-20-15-22(28(6,7)8)14-19(5)24(20)26(23)30-27;1-7-12(3,4)10(14)9-11(15)13(5,6)8-2;/h9-12,14-16H,1-8H3;9,14H,7-8H2,1-6H3;/q-1;;/b;10-9-;. The number of ketones is 1. The van der Waals surface area contributed by atoms with Gasteiger partial charge in [0.25, 0.3) is 0 Å². The number of allylic oxidation sites excluding steroid dienone is 2. The molecule has 3 aromatic carbocycles. The Hall–Kier alpha value is -2.34. The van der Waals surface area contributed by atoms with Crippen LogP contribution < -0.4 is 4.40 Å². The molecule has 0 saturated heterocycles. The van der Waals surface area contributed by atoms with E-state index in [0.717, 1.165) is 46.4 Å². The predicted molar refractivity (Wildman–Crippen MR) is 196 cm³/mol. The van der Waals surface area contributed by atoms with Crippen LogP contribution >= 0.6 is 0 Å². The Morgan fingerprint density at radius 2 is 1.54 bits per heavy atom. The van der Waals surface area contributed by atoms with Crippen molar-refractivity contribution in [3.05, 3.63) is 76.8 Å². The van der Waals surface area contributed by atoms with Crippen LogP contribution in [0.15, 0.2) is 48.2 Å². The molecule has 0 atom stereocenters. The van der Waals surface area contributed by atoms with Crippen molar-refractivity contribution >= 4 is 45.1 Å². The van der Waals surface area contributed by atoms with Crippen molar-refractivity contribution in [2.24, 2.45) is 10.8 Å². The van der Waals surface area contributed by atoms with Gasteiger partial charge >= 0.3 is 183 Å². The average Bonchev–Trinajstić information content (AvgIpc) is 2.95. The van der Waals surface area contributed by atoms with Gasteiger partial charge < -0.3 is 5.11 Å². The van der Waals surface area contributed by atoms with Crippen molar-refractivity contribution in [2.45, 2.75) is 112 Å². The summed E-state index contributed by atoms with van der Waals surface area (Å²) in [6.07, 6.45) is 2.99. The van der Waals surface area contributed by atoms with Crippen LogP contribution in [0.2, 0.25) is 17.3 Å². The fourth-order valence-corrected chi connectivity index (χ4v) is 7.66. The maximum Gasteiger partial charge on any atom is 0 e. The first-order valence-corrected chi connectivity index (χ1v) is 23.8. The number of aliphatic hydroxyl groups excluding tert-OH is 1. The number of carbonyl (C=O) groups is 1. The zero-order valence-electron chi connectivity index (χ0n) is 30.6. The van der Waals surface area contributed by atoms with Gasteiger partial charge in [-0.3, -0.25) is 4.79 Å². The van der Waals surface area contributed by atoms with Crippen molar-refractivity contribution in [2.75, 3.05) is 0 Å². The summed E-state index contributed by atoms with van der Waals surface area (Å²) in [6.45, 7) is 22.5. The molecule has 0 unspecified atom stereocenters. The summed E-state index contributed by atoms with van der Waals surface area (Å²) in [6, 6.07) is 17.2. The third-order valence-corrected chi connectivity index (χ3v) is 13.4. The molecule has 46 heavy (non-hydrogen) atoms. The smallest absolute Gasteiger partial charge is 0 e. The Kier molecular flexibility index (Phi) is 13.2. The summed E-state index contributed by atoms with van der Waals surface area (Å²) < 4.78 is 1.54. The van der Waals surface area contributed by atoms with E-state index in [1.165, 1.54) is 28.0 Å². The minimum Gasteiger partial charge on any atom is 0 e. The molecule has 0 aliphatic heterocycles. The second-order valence-electron chi connectivity index (χ2n) is 15.3. The quantitative estimate of drug-likeness (QED) is 0.0630. The van der Waals surface area contributed by atoms with Gasteiger partial charge in [-0.25, -0.2) is 0 Å². The summed E-state index contributed by atoms with van der Waals surface area (Å²) >= 11 is -1.92. The van der Waals surface area contributed by atoms with E-state index in [1.54, 1.807) is 4.40 Å². The molecule has 0 fully saturated rings. The maximum absolute atomic E-state index is 11.8. The van der Waals surface area contributed by atoms with Gasteiger partial charge in [-0.1, -0.05) is 41.5 Å². The first-order valence-electron chi connectivity index (χ1n) is 16.4. The van der Waals surface area contributed by atoms with E-state index in [2.05, 4.69) is 94.4 Å². The van der Waals surface area contributed by atoms with Crippen LogP contribution in [0.5, 0.6) is 0 Å². The summed E-state index contributed by atoms with van der Waals surface area (Å²) in [4.78, 5) is 21.9. The largest absolute Gasteiger partial charge is 0 e. The molecular formula is C40H55GeIrN2O2-. The summed E-state index contributed by atoms with van der Waals surface area (Å²) in [5.74, 6) is 8.71. The van der Waals surface area contributed by atoms with E-state index in [0.29, 0.717) is 0 Å². The van der Waals surface area contributed by atoms with E-state index in [-0.39, 0.29) is 48.4 Å². The number of fused-ring (bicyclic) bond motifs is 3. The zero-order valence-corrected chi connectivity index (χ0v) is 35.1. The summed E-state index contributed by atoms with van der Waals surface area (Å²) in [7, 11) is 0. The number of hydrogen-bond donors (Lipinski definition) is 1. The molecule has 251 valence electrons. The van der Waals surface area contributed by atoms with Gasteiger partial charge in [0.2, 0.25) is 0 Å². The van der Waals surface area contributed by atoms with E-state index >= 15 is 0 Å². The van der Waals surface area contributed by atoms with Crippen LogP contribution in [-0.2, 0) is 24.9 Å². The van der Waals surface area contributed by atoms with Crippen LogP contribution in [0, 0.1) is 37.7 Å². The summed E-state index contributed by atoms with van der Waals surface area (Å²) in [5.41, 5.74) is 6.13. The Bertz CT molecular complexity index is 1730. The van der Waals surface area contributed by atoms with Crippen LogP contribution in [-0.4, -0.2) is 34.1 Å². The third-order valence-electron chi connectivity index (χ3n) is 9.18. The van der Waals surface area contributed by atoms with Crippen molar-refractivity contribution in [3.8, 4) is 11.3 Å². The molecule has 4 aromatic rings. The van der Waals surface area contributed by atoms with Gasteiger partial charge in [-0.2, -0.15) is 0 Å². The van der Waals surface area contributed by atoms with Crippen LogP contribution in [0.3, 0.4) is 0 Å². The fraction of sp³-hybridized carbons (Fsp3) is 0.475. The van der Waals surface area contributed by atoms with Crippen molar-refractivity contribution in [3.63, 3.8) is 0 Å². The number of benzene rings is 3. The Morgan fingerprint density at radius 1 is 0.935 bits per heavy atom. The molecule has 1 N–H and O–H groups in total. The molecule has 4 nitrogen and oxygen atoms in total. The van der Waals surface area contributed by atoms with E-state index in [4.69, 9.17) is 9.97 Å². The average molecular weight is 861 g/mol. The van der Waals surface area contributed by atoms with E-state index < -0.39 is 13.3 Å². The van der Waals surface area contributed by atoms with Gasteiger partial charge in [-0.05, 0) is 12.8 Å². The second-order valence-corrected chi connectivity index (χ2v) is 26.0. The van der Waals surface area contributed by atoms with Gasteiger partial charge in [-0.15, -0.1) is 0 Å². The summed E-state index contributed by atoms with van der Waals surface area (Å²) in [5, 5.41) is 13.5. The molecule has 0 amide bonds. The Morgan fingerprint density at radius 3 is 2.07 bits per heavy atom. The SMILES string of the molecule is CCC(C)(C)C(=O)/C=C(\O)C(C)(C)CC.Cc1[c-]c(-c2nc(C(C)C)nc3c2ccc2c[c]([Ge]([CH3])([CH3])[CH3])cc(C)c23)cc(C)c1.[Ir]. The molecule has 1 aromatic heterocycles. The number of nitrogens with zero attached hydrogens (tertiary/aromatic N) is 2. The second kappa shape index (κ2) is 15.3. The minimum absolute atomic E-state index is 0. The Labute approximate surface area is 294 Å². The molecule has 0 spiro atoms. The van der Waals surface area contributed by atoms with Gasteiger partial charge in [0.1, 0.15) is 5.76 Å². The number of rotatable bonds is 8. The van der Waals surface area contributed by atoms with Crippen molar-refractivity contribution < 1.29 is 30.0 Å². The molecular weight excluding hydrogens is 805 g/mol. The molecule has 0 aliphatic rings. The molecule has 4 rings (SSSR count). The van der Waals surface area contributed by atoms with Crippen LogP contribution in [0.1, 0.15) is 96.7 Å². The van der Waals surface area contributed by atoms with Gasteiger partial charge in [0.05, 0.1) is 0 Å². The number of aryl methyl sites for hydroxylation is 3. The van der Waals surface area contributed by atoms with Crippen molar-refractivity contribution in [1.82, 2.24) is 9.97 Å². The van der Waals surface area contributed by atoms with Gasteiger partial charge in [0, 0.05) is 37.0 Å². The maximum atomic E-state index is 11.8. The first kappa shape index (κ1) is 39.8. The number of carbonyl (C=O) groups excluding carboxylic acids is 1. The molecule has 6 heteroatoms. The van der Waals surface area contributed by atoms with Crippen LogP contribution in [0.4, 0.5) is 0 Å². The first-order chi connectivity index (χ1) is 20.7. The topological polar surface area (TPSA) is 63.1 Å². The fourth-order valence-electron chi connectivity index (χ4n) is 5.07. The van der Waals surface area contributed by atoms with Crippen molar-refractivity contribution in [1.29, 1.82) is 0 Å². The van der Waals surface area contributed by atoms with E-state index in [1.807, 2.05) is 41.5 Å². The van der Waals surface area contributed by atoms with Crippen LogP contribution in [0.25, 0.3) is 32.9 Å². The number of aromatic nitrogens is 2. The molecule has 0 aliphatic carbocycles. The number of hydrogen-bond acceptors (Lipinski definition) is 4. The number of aliphatic hydroxyl groups is 1. The molecule has 1 heterocycles. The predicted octanol–water partition coefficient (Wildman–Crippen LogP) is 10.7. The normalized spacial score (nSPS) is 12.6. The van der Waals surface area contributed by atoms with Gasteiger partial charge in [0.15, 0.2) is 5.78 Å². The molecule has 1 radical (unpaired) electrons.